The number of carbonyl (C=O) groups is 1. The van der Waals surface area contributed by atoms with E-state index in [1.165, 1.54) is 23.5 Å². The minimum absolute atomic E-state index is 0.150. The number of benzene rings is 2. The normalized spacial score (nSPS) is 11.3. The van der Waals surface area contributed by atoms with Crippen LogP contribution in [0.1, 0.15) is 27.3 Å². The zero-order valence-corrected chi connectivity index (χ0v) is 18.7. The van der Waals surface area contributed by atoms with Gasteiger partial charge in [-0.3, -0.25) is 9.78 Å². The molecule has 174 valence electrons. The standard InChI is InChI=1S/C25H20F3N3O2S/c26-25(27,28)19-8-4-17(5-9-19)15-33-21-10-6-18(7-11-21)24-31-22(16-34-24)23(32)30-14-12-20-3-1-2-13-29-20/h1-11,13,16H,12,14-15H2,(H,30,32). The van der Waals surface area contributed by atoms with Crippen molar-refractivity contribution < 1.29 is 22.7 Å². The molecule has 1 amide bonds. The van der Waals surface area contributed by atoms with E-state index in [4.69, 9.17) is 4.74 Å². The highest BCUT2D eigenvalue weighted by Gasteiger charge is 2.29. The molecule has 0 saturated carbocycles. The number of hydrogen-bond acceptors (Lipinski definition) is 5. The summed E-state index contributed by atoms with van der Waals surface area (Å²) >= 11 is 1.36. The van der Waals surface area contributed by atoms with Crippen LogP contribution in [0, 0.1) is 0 Å². The van der Waals surface area contributed by atoms with Crippen LogP contribution in [0.25, 0.3) is 10.6 Å². The first-order chi connectivity index (χ1) is 16.4. The summed E-state index contributed by atoms with van der Waals surface area (Å²) < 4.78 is 43.6. The first-order valence-corrected chi connectivity index (χ1v) is 11.3. The van der Waals surface area contributed by atoms with Crippen molar-refractivity contribution in [1.29, 1.82) is 0 Å². The van der Waals surface area contributed by atoms with E-state index in [1.807, 2.05) is 30.3 Å². The Morgan fingerprint density at radius 1 is 1.00 bits per heavy atom. The van der Waals surface area contributed by atoms with Crippen molar-refractivity contribution in [3.8, 4) is 16.3 Å². The average molecular weight is 484 g/mol. The molecule has 2 heterocycles. The third-order valence-corrected chi connectivity index (χ3v) is 5.81. The highest BCUT2D eigenvalue weighted by atomic mass is 32.1. The van der Waals surface area contributed by atoms with Gasteiger partial charge in [-0.05, 0) is 54.1 Å². The molecule has 0 aliphatic carbocycles. The van der Waals surface area contributed by atoms with Gasteiger partial charge in [0.1, 0.15) is 23.1 Å². The fourth-order valence-electron chi connectivity index (χ4n) is 3.10. The van der Waals surface area contributed by atoms with Gasteiger partial charge in [0.05, 0.1) is 5.56 Å². The molecule has 5 nitrogen and oxygen atoms in total. The highest BCUT2D eigenvalue weighted by Crippen LogP contribution is 2.29. The molecule has 0 atom stereocenters. The molecule has 34 heavy (non-hydrogen) atoms. The van der Waals surface area contributed by atoms with E-state index in [9.17, 15) is 18.0 Å². The number of nitrogens with one attached hydrogen (secondary N) is 1. The second-order valence-electron chi connectivity index (χ2n) is 7.37. The molecule has 1 N–H and O–H groups in total. The van der Waals surface area contributed by atoms with E-state index in [0.717, 1.165) is 23.4 Å². The van der Waals surface area contributed by atoms with Gasteiger partial charge in [0, 0.05) is 35.8 Å². The first kappa shape index (κ1) is 23.4. The summed E-state index contributed by atoms with van der Waals surface area (Å²) in [4.78, 5) is 21.0. The Hall–Kier alpha value is -3.72. The topological polar surface area (TPSA) is 64.1 Å². The Kier molecular flexibility index (Phi) is 7.22. The van der Waals surface area contributed by atoms with Gasteiger partial charge in [0.15, 0.2) is 0 Å². The maximum atomic E-state index is 12.7. The number of pyridine rings is 1. The van der Waals surface area contributed by atoms with Crippen molar-refractivity contribution in [2.75, 3.05) is 6.54 Å². The van der Waals surface area contributed by atoms with Crippen LogP contribution in [0.2, 0.25) is 0 Å². The molecule has 4 aromatic rings. The van der Waals surface area contributed by atoms with Crippen LogP contribution >= 0.6 is 11.3 Å². The lowest BCUT2D eigenvalue weighted by atomic mass is 10.1. The monoisotopic (exact) mass is 483 g/mol. The molecule has 4 rings (SSSR count). The van der Waals surface area contributed by atoms with Crippen molar-refractivity contribution in [2.45, 2.75) is 19.2 Å². The van der Waals surface area contributed by atoms with Gasteiger partial charge in [0.2, 0.25) is 0 Å². The van der Waals surface area contributed by atoms with Gasteiger partial charge < -0.3 is 10.1 Å². The number of rotatable bonds is 8. The zero-order valence-electron chi connectivity index (χ0n) is 17.9. The molecule has 0 saturated heterocycles. The molecule has 0 spiro atoms. The number of aromatic nitrogens is 2. The van der Waals surface area contributed by atoms with Crippen LogP contribution in [0.4, 0.5) is 13.2 Å². The Bertz CT molecular complexity index is 1230. The lowest BCUT2D eigenvalue weighted by Gasteiger charge is -2.09. The number of thiazole rings is 1. The molecule has 9 heteroatoms. The molecule has 0 unspecified atom stereocenters. The minimum atomic E-state index is -4.36. The molecular formula is C25H20F3N3O2S. The minimum Gasteiger partial charge on any atom is -0.489 e. The zero-order chi connectivity index (χ0) is 24.0. The summed E-state index contributed by atoms with van der Waals surface area (Å²) in [5.41, 5.74) is 2.03. The van der Waals surface area contributed by atoms with Gasteiger partial charge in [-0.25, -0.2) is 4.98 Å². The van der Waals surface area contributed by atoms with Crippen LogP contribution < -0.4 is 10.1 Å². The first-order valence-electron chi connectivity index (χ1n) is 10.4. The average Bonchev–Trinajstić information content (AvgIpc) is 3.34. The summed E-state index contributed by atoms with van der Waals surface area (Å²) in [6.07, 6.45) is -2.00. The van der Waals surface area contributed by atoms with E-state index < -0.39 is 11.7 Å². The molecule has 0 fully saturated rings. The van der Waals surface area contributed by atoms with Crippen LogP contribution in [0.15, 0.2) is 78.3 Å². The van der Waals surface area contributed by atoms with E-state index >= 15 is 0 Å². The highest BCUT2D eigenvalue weighted by molar-refractivity contribution is 7.13. The molecule has 2 aromatic carbocycles. The smallest absolute Gasteiger partial charge is 0.416 e. The van der Waals surface area contributed by atoms with Crippen molar-refractivity contribution in [2.24, 2.45) is 0 Å². The van der Waals surface area contributed by atoms with Crippen LogP contribution in [-0.4, -0.2) is 22.4 Å². The molecular weight excluding hydrogens is 463 g/mol. The number of ether oxygens (including phenoxy) is 1. The Morgan fingerprint density at radius 3 is 2.44 bits per heavy atom. The number of carbonyl (C=O) groups excluding carboxylic acids is 1. The SMILES string of the molecule is O=C(NCCc1ccccn1)c1csc(-c2ccc(OCc3ccc(C(F)(F)F)cc3)cc2)n1. The van der Waals surface area contributed by atoms with Gasteiger partial charge in [-0.15, -0.1) is 11.3 Å². The Balaban J connectivity index is 1.29. The second kappa shape index (κ2) is 10.5. The number of hydrogen-bond donors (Lipinski definition) is 1. The van der Waals surface area contributed by atoms with Crippen molar-refractivity contribution >= 4 is 17.2 Å². The van der Waals surface area contributed by atoms with E-state index in [0.29, 0.717) is 35.0 Å². The third kappa shape index (κ3) is 6.20. The number of nitrogens with zero attached hydrogens (tertiary/aromatic N) is 2. The number of alkyl halides is 3. The number of amides is 1. The summed E-state index contributed by atoms with van der Waals surface area (Å²) in [5, 5.41) is 5.26. The van der Waals surface area contributed by atoms with Crippen LogP contribution in [-0.2, 0) is 19.2 Å². The van der Waals surface area contributed by atoms with Crippen molar-refractivity contribution in [3.05, 3.63) is 101 Å². The molecule has 2 aromatic heterocycles. The molecule has 0 bridgehead atoms. The Morgan fingerprint density at radius 2 is 1.76 bits per heavy atom. The maximum absolute atomic E-state index is 12.7. The number of halogens is 3. The van der Waals surface area contributed by atoms with Crippen LogP contribution in [0.3, 0.4) is 0 Å². The maximum Gasteiger partial charge on any atom is 0.416 e. The second-order valence-corrected chi connectivity index (χ2v) is 8.23. The van der Waals surface area contributed by atoms with Gasteiger partial charge in [-0.1, -0.05) is 18.2 Å². The van der Waals surface area contributed by atoms with E-state index in [-0.39, 0.29) is 12.5 Å². The summed E-state index contributed by atoms with van der Waals surface area (Å²) in [7, 11) is 0. The summed E-state index contributed by atoms with van der Waals surface area (Å²) in [5.74, 6) is 0.336. The predicted octanol–water partition coefficient (Wildman–Crippen LogP) is 5.78. The Labute approximate surface area is 198 Å². The largest absolute Gasteiger partial charge is 0.489 e. The fourth-order valence-corrected chi connectivity index (χ4v) is 3.91. The van der Waals surface area contributed by atoms with Gasteiger partial charge in [0.25, 0.3) is 5.91 Å². The van der Waals surface area contributed by atoms with Gasteiger partial charge in [-0.2, -0.15) is 13.2 Å². The van der Waals surface area contributed by atoms with E-state index in [1.54, 1.807) is 23.7 Å². The molecule has 0 radical (unpaired) electrons. The molecule has 0 aliphatic rings. The summed E-state index contributed by atoms with van der Waals surface area (Å²) in [6, 6.07) is 17.7. The fraction of sp³-hybridized carbons (Fsp3) is 0.160. The summed E-state index contributed by atoms with van der Waals surface area (Å²) in [6.45, 7) is 0.616. The quantitative estimate of drug-likeness (QED) is 0.345. The van der Waals surface area contributed by atoms with E-state index in [2.05, 4.69) is 15.3 Å². The van der Waals surface area contributed by atoms with Gasteiger partial charge >= 0.3 is 6.18 Å². The lowest BCUT2D eigenvalue weighted by molar-refractivity contribution is -0.137. The third-order valence-electron chi connectivity index (χ3n) is 4.92. The predicted molar refractivity (Wildman–Crippen MR) is 124 cm³/mol. The van der Waals surface area contributed by atoms with Crippen molar-refractivity contribution in [3.63, 3.8) is 0 Å². The molecule has 0 aliphatic heterocycles. The lowest BCUT2D eigenvalue weighted by Crippen LogP contribution is -2.26. The van der Waals surface area contributed by atoms with Crippen molar-refractivity contribution in [1.82, 2.24) is 15.3 Å². The van der Waals surface area contributed by atoms with Crippen LogP contribution in [0.5, 0.6) is 5.75 Å².